The number of hydrogen-bond donors (Lipinski definition) is 2. The van der Waals surface area contributed by atoms with Crippen LogP contribution in [0.3, 0.4) is 0 Å². The minimum Gasteiger partial charge on any atom is -0.444 e. The van der Waals surface area contributed by atoms with E-state index in [0.29, 0.717) is 25.6 Å². The second kappa shape index (κ2) is 10.3. The molecule has 0 aliphatic rings. The zero-order valence-electron chi connectivity index (χ0n) is 15.3. The molecule has 0 spiro atoms. The SMILES string of the molecule is CCNC(=NCC(C)C)NCCN(CC)C(=O)OC(C)(C)C. The Hall–Kier alpha value is -1.46. The van der Waals surface area contributed by atoms with E-state index in [1.54, 1.807) is 4.90 Å². The lowest BCUT2D eigenvalue weighted by atomic mass is 10.2. The minimum absolute atomic E-state index is 0.277. The molecule has 0 atom stereocenters. The molecule has 0 rings (SSSR count). The molecule has 0 aliphatic carbocycles. The molecule has 0 unspecified atom stereocenters. The van der Waals surface area contributed by atoms with Crippen molar-refractivity contribution in [1.82, 2.24) is 15.5 Å². The smallest absolute Gasteiger partial charge is 0.410 e. The first-order valence-electron chi connectivity index (χ1n) is 8.19. The van der Waals surface area contributed by atoms with Crippen molar-refractivity contribution in [2.45, 2.75) is 54.1 Å². The predicted molar refractivity (Wildman–Crippen MR) is 92.3 cm³/mol. The van der Waals surface area contributed by atoms with Crippen LogP contribution < -0.4 is 10.6 Å². The molecule has 0 fully saturated rings. The van der Waals surface area contributed by atoms with E-state index in [2.05, 4.69) is 29.5 Å². The van der Waals surface area contributed by atoms with Crippen LogP contribution in [0.5, 0.6) is 0 Å². The number of rotatable bonds is 7. The third kappa shape index (κ3) is 10.3. The number of guanidine groups is 1. The normalized spacial score (nSPS) is 12.3. The van der Waals surface area contributed by atoms with Crippen LogP contribution in [0.2, 0.25) is 0 Å². The van der Waals surface area contributed by atoms with Crippen LogP contribution in [0.25, 0.3) is 0 Å². The Bertz CT molecular complexity index is 349. The van der Waals surface area contributed by atoms with Crippen molar-refractivity contribution in [2.75, 3.05) is 32.7 Å². The number of amides is 1. The lowest BCUT2D eigenvalue weighted by Crippen LogP contribution is -2.44. The highest BCUT2D eigenvalue weighted by Gasteiger charge is 2.20. The highest BCUT2D eigenvalue weighted by atomic mass is 16.6. The summed E-state index contributed by atoms with van der Waals surface area (Å²) in [4.78, 5) is 18.2. The van der Waals surface area contributed by atoms with Gasteiger partial charge in [0, 0.05) is 32.7 Å². The minimum atomic E-state index is -0.467. The summed E-state index contributed by atoms with van der Waals surface area (Å²) in [5.74, 6) is 1.31. The summed E-state index contributed by atoms with van der Waals surface area (Å²) in [7, 11) is 0. The molecule has 0 saturated carbocycles. The first-order valence-corrected chi connectivity index (χ1v) is 8.19. The fourth-order valence-electron chi connectivity index (χ4n) is 1.63. The highest BCUT2D eigenvalue weighted by molar-refractivity contribution is 5.79. The standard InChI is InChI=1S/C16H34N4O2/c1-8-17-14(19-12-13(3)4)18-10-11-20(9-2)15(21)22-16(5,6)7/h13H,8-12H2,1-7H3,(H2,17,18,19). The first kappa shape index (κ1) is 20.5. The molecular weight excluding hydrogens is 280 g/mol. The Balaban J connectivity index is 4.36. The fourth-order valence-corrected chi connectivity index (χ4v) is 1.63. The Morgan fingerprint density at radius 1 is 1.23 bits per heavy atom. The summed E-state index contributed by atoms with van der Waals surface area (Å²) in [6.45, 7) is 17.3. The summed E-state index contributed by atoms with van der Waals surface area (Å²) in [5.41, 5.74) is -0.467. The molecule has 0 radical (unpaired) electrons. The number of carbonyl (C=O) groups excluding carboxylic acids is 1. The number of nitrogens with zero attached hydrogens (tertiary/aromatic N) is 2. The zero-order chi connectivity index (χ0) is 17.2. The molecule has 2 N–H and O–H groups in total. The maximum atomic E-state index is 12.0. The van der Waals surface area contributed by atoms with E-state index in [1.807, 2.05) is 34.6 Å². The molecular formula is C16H34N4O2. The van der Waals surface area contributed by atoms with Crippen LogP contribution in [0.1, 0.15) is 48.5 Å². The maximum Gasteiger partial charge on any atom is 0.410 e. The van der Waals surface area contributed by atoms with Crippen molar-refractivity contribution in [1.29, 1.82) is 0 Å². The molecule has 6 heteroatoms. The number of ether oxygens (including phenoxy) is 1. The van der Waals surface area contributed by atoms with Crippen molar-refractivity contribution in [3.8, 4) is 0 Å². The second-order valence-corrected chi connectivity index (χ2v) is 6.60. The van der Waals surface area contributed by atoms with Gasteiger partial charge in [-0.15, -0.1) is 0 Å². The van der Waals surface area contributed by atoms with Gasteiger partial charge in [0.05, 0.1) is 0 Å². The van der Waals surface area contributed by atoms with Crippen LogP contribution in [0, 0.1) is 5.92 Å². The van der Waals surface area contributed by atoms with Gasteiger partial charge in [-0.1, -0.05) is 13.8 Å². The summed E-state index contributed by atoms with van der Waals surface area (Å²) < 4.78 is 5.39. The average molecular weight is 314 g/mol. The largest absolute Gasteiger partial charge is 0.444 e. The molecule has 0 saturated heterocycles. The van der Waals surface area contributed by atoms with Crippen molar-refractivity contribution in [2.24, 2.45) is 10.9 Å². The number of carbonyl (C=O) groups is 1. The number of aliphatic imine (C=N–C) groups is 1. The Kier molecular flexibility index (Phi) is 9.61. The van der Waals surface area contributed by atoms with Crippen LogP contribution in [0.15, 0.2) is 4.99 Å². The Labute approximate surface area is 135 Å². The molecule has 0 aromatic carbocycles. The predicted octanol–water partition coefficient (Wildman–Crippen LogP) is 2.45. The van der Waals surface area contributed by atoms with E-state index in [1.165, 1.54) is 0 Å². The van der Waals surface area contributed by atoms with Gasteiger partial charge in [-0.3, -0.25) is 4.99 Å². The quantitative estimate of drug-likeness (QED) is 0.559. The number of likely N-dealkylation sites (N-methyl/N-ethyl adjacent to an activating group) is 1. The van der Waals surface area contributed by atoms with Crippen LogP contribution in [0.4, 0.5) is 4.79 Å². The van der Waals surface area contributed by atoms with Crippen molar-refractivity contribution < 1.29 is 9.53 Å². The lowest BCUT2D eigenvalue weighted by Gasteiger charge is -2.26. The van der Waals surface area contributed by atoms with Gasteiger partial charge in [0.2, 0.25) is 0 Å². The van der Waals surface area contributed by atoms with Gasteiger partial charge >= 0.3 is 6.09 Å². The van der Waals surface area contributed by atoms with Gasteiger partial charge in [0.15, 0.2) is 5.96 Å². The highest BCUT2D eigenvalue weighted by Crippen LogP contribution is 2.09. The van der Waals surface area contributed by atoms with E-state index < -0.39 is 5.60 Å². The van der Waals surface area contributed by atoms with E-state index in [4.69, 9.17) is 4.74 Å². The summed E-state index contributed by atoms with van der Waals surface area (Å²) in [6, 6.07) is 0. The van der Waals surface area contributed by atoms with Gasteiger partial charge in [0.1, 0.15) is 5.60 Å². The third-order valence-electron chi connectivity index (χ3n) is 2.67. The van der Waals surface area contributed by atoms with E-state index >= 15 is 0 Å². The van der Waals surface area contributed by atoms with Gasteiger partial charge < -0.3 is 20.3 Å². The molecule has 0 bridgehead atoms. The lowest BCUT2D eigenvalue weighted by molar-refractivity contribution is 0.0264. The summed E-state index contributed by atoms with van der Waals surface area (Å²) >= 11 is 0. The van der Waals surface area contributed by atoms with Crippen molar-refractivity contribution in [3.63, 3.8) is 0 Å². The molecule has 0 heterocycles. The zero-order valence-corrected chi connectivity index (χ0v) is 15.3. The first-order chi connectivity index (χ1) is 10.2. The molecule has 130 valence electrons. The van der Waals surface area contributed by atoms with Gasteiger partial charge in [-0.25, -0.2) is 4.79 Å². The molecule has 22 heavy (non-hydrogen) atoms. The summed E-state index contributed by atoms with van der Waals surface area (Å²) in [5, 5.41) is 6.45. The summed E-state index contributed by atoms with van der Waals surface area (Å²) in [6.07, 6.45) is -0.277. The van der Waals surface area contributed by atoms with Crippen molar-refractivity contribution in [3.05, 3.63) is 0 Å². The maximum absolute atomic E-state index is 12.0. The number of nitrogens with one attached hydrogen (secondary N) is 2. The molecule has 0 aromatic rings. The molecule has 6 nitrogen and oxygen atoms in total. The van der Waals surface area contributed by atoms with Crippen LogP contribution in [-0.4, -0.2) is 55.3 Å². The Morgan fingerprint density at radius 3 is 2.32 bits per heavy atom. The molecule has 0 aromatic heterocycles. The van der Waals surface area contributed by atoms with Gasteiger partial charge in [-0.2, -0.15) is 0 Å². The fraction of sp³-hybridized carbons (Fsp3) is 0.875. The molecule has 0 aliphatic heterocycles. The van der Waals surface area contributed by atoms with E-state index in [9.17, 15) is 4.79 Å². The monoisotopic (exact) mass is 314 g/mol. The number of hydrogen-bond acceptors (Lipinski definition) is 3. The van der Waals surface area contributed by atoms with E-state index in [-0.39, 0.29) is 6.09 Å². The third-order valence-corrected chi connectivity index (χ3v) is 2.67. The topological polar surface area (TPSA) is 66.0 Å². The van der Waals surface area contributed by atoms with Gasteiger partial charge in [0.25, 0.3) is 0 Å². The van der Waals surface area contributed by atoms with Crippen molar-refractivity contribution >= 4 is 12.1 Å². The van der Waals surface area contributed by atoms with Crippen LogP contribution >= 0.6 is 0 Å². The van der Waals surface area contributed by atoms with E-state index in [0.717, 1.165) is 19.0 Å². The van der Waals surface area contributed by atoms with Crippen LogP contribution in [-0.2, 0) is 4.74 Å². The second-order valence-electron chi connectivity index (χ2n) is 6.60. The Morgan fingerprint density at radius 2 is 1.86 bits per heavy atom. The molecule has 1 amide bonds. The van der Waals surface area contributed by atoms with Gasteiger partial charge in [-0.05, 0) is 40.5 Å². The average Bonchev–Trinajstić information content (AvgIpc) is 2.38.